The summed E-state index contributed by atoms with van der Waals surface area (Å²) in [5, 5.41) is 32.4. The van der Waals surface area contributed by atoms with Gasteiger partial charge in [0.25, 0.3) is 0 Å². The number of aliphatic hydroxyl groups excluding tert-OH is 1. The first-order chi connectivity index (χ1) is 25.7. The highest BCUT2D eigenvalue weighted by Crippen LogP contribution is 2.36. The van der Waals surface area contributed by atoms with Crippen LogP contribution < -0.4 is 19.5 Å². The van der Waals surface area contributed by atoms with Gasteiger partial charge < -0.3 is 34.6 Å². The minimum absolute atomic E-state index is 0.140. The maximum atomic E-state index is 11.9. The van der Waals surface area contributed by atoms with E-state index in [0.29, 0.717) is 46.2 Å². The molecule has 0 spiro atoms. The highest BCUT2D eigenvalue weighted by atomic mass is 35.5. The molecule has 53 heavy (non-hydrogen) atoms. The van der Waals surface area contributed by atoms with Gasteiger partial charge in [0.15, 0.2) is 0 Å². The molecule has 0 aliphatic carbocycles. The van der Waals surface area contributed by atoms with Crippen LogP contribution in [0.1, 0.15) is 72.4 Å². The number of nitrogens with zero attached hydrogens (tertiary/aromatic N) is 3. The van der Waals surface area contributed by atoms with Crippen molar-refractivity contribution in [2.75, 3.05) is 26.2 Å². The van der Waals surface area contributed by atoms with Crippen LogP contribution >= 0.6 is 11.6 Å². The van der Waals surface area contributed by atoms with E-state index in [1.165, 1.54) is 6.20 Å². The lowest BCUT2D eigenvalue weighted by Gasteiger charge is -2.19. The molecule has 0 bridgehead atoms. The Balaban J connectivity index is 1.31. The maximum Gasteiger partial charge on any atom is 0.320 e. The third-order valence-electron chi connectivity index (χ3n) is 9.64. The topological polar surface area (TPSA) is 137 Å². The second kappa shape index (κ2) is 19.4. The SMILES string of the molecule is CCCCC(NCc1cc(Cl)c(OCc2cccc(-c3cccc(OCCCN4CCC(O)C4)c3C)c2C)cc1OCc1cncc(C#N)c1)C(=O)O. The molecule has 280 valence electrons. The molecule has 10 nitrogen and oxygen atoms in total. The van der Waals surface area contributed by atoms with Crippen LogP contribution in [0.15, 0.2) is 67.0 Å². The number of carboxylic acid groups (broad SMARTS) is 1. The number of halogens is 1. The van der Waals surface area contributed by atoms with Gasteiger partial charge in [0.1, 0.15) is 42.6 Å². The maximum absolute atomic E-state index is 11.9. The summed E-state index contributed by atoms with van der Waals surface area (Å²) in [4.78, 5) is 18.3. The van der Waals surface area contributed by atoms with Crippen molar-refractivity contribution in [1.82, 2.24) is 15.2 Å². The normalized spacial score (nSPS) is 14.8. The van der Waals surface area contributed by atoms with Gasteiger partial charge in [-0.05, 0) is 79.1 Å². The summed E-state index contributed by atoms with van der Waals surface area (Å²) >= 11 is 6.79. The largest absolute Gasteiger partial charge is 0.493 e. The minimum Gasteiger partial charge on any atom is -0.493 e. The molecular formula is C42H49ClN4O6. The molecule has 0 saturated carbocycles. The van der Waals surface area contributed by atoms with Crippen LogP contribution in [0, 0.1) is 25.2 Å². The molecular weight excluding hydrogens is 692 g/mol. The number of carboxylic acids is 1. The Hall–Kier alpha value is -4.66. The fraction of sp³-hybridized carbons (Fsp3) is 0.405. The number of ether oxygens (including phenoxy) is 3. The molecule has 2 unspecified atom stereocenters. The number of unbranched alkanes of at least 4 members (excludes halogenated alkanes) is 1. The molecule has 1 aliphatic rings. The van der Waals surface area contributed by atoms with Crippen LogP contribution in [-0.4, -0.2) is 64.5 Å². The van der Waals surface area contributed by atoms with Crippen molar-refractivity contribution in [3.05, 3.63) is 105 Å². The van der Waals surface area contributed by atoms with Gasteiger partial charge in [0.2, 0.25) is 0 Å². The standard InChI is InChI=1S/C42H49ClN4O6/c1-4-5-12-38(42(49)50)46-24-33-19-37(43)41(20-40(33)52-26-31-18-30(21-44)22-45-23-31)53-27-32-9-6-10-35(28(32)2)36-11-7-13-39(29(36)3)51-17-8-15-47-16-14-34(48)25-47/h6-7,9-11,13,18-20,22-23,34,38,46,48H,4-5,8,12,14-17,24-27H2,1-3H3,(H,49,50). The number of hydrogen-bond donors (Lipinski definition) is 3. The zero-order valence-electron chi connectivity index (χ0n) is 30.7. The van der Waals surface area contributed by atoms with Gasteiger partial charge in [0.05, 0.1) is 23.3 Å². The number of nitrogens with one attached hydrogen (secondary N) is 1. The lowest BCUT2D eigenvalue weighted by atomic mass is 9.93. The summed E-state index contributed by atoms with van der Waals surface area (Å²) in [5.41, 5.74) is 7.12. The lowest BCUT2D eigenvalue weighted by molar-refractivity contribution is -0.139. The Morgan fingerprint density at radius 1 is 1.00 bits per heavy atom. The number of hydrogen-bond acceptors (Lipinski definition) is 9. The molecule has 4 aromatic rings. The Labute approximate surface area is 317 Å². The van der Waals surface area contributed by atoms with Gasteiger partial charge in [-0.3, -0.25) is 9.78 Å². The number of pyridine rings is 1. The Morgan fingerprint density at radius 3 is 2.51 bits per heavy atom. The summed E-state index contributed by atoms with van der Waals surface area (Å²) in [6.45, 7) is 9.99. The first kappa shape index (κ1) is 39.5. The number of carbonyl (C=O) groups is 1. The van der Waals surface area contributed by atoms with Crippen molar-refractivity contribution in [1.29, 1.82) is 5.26 Å². The van der Waals surface area contributed by atoms with Crippen LogP contribution in [0.3, 0.4) is 0 Å². The predicted molar refractivity (Wildman–Crippen MR) is 205 cm³/mol. The molecule has 1 aliphatic heterocycles. The second-order valence-corrected chi connectivity index (χ2v) is 13.9. The Kier molecular flexibility index (Phi) is 14.5. The van der Waals surface area contributed by atoms with E-state index < -0.39 is 12.0 Å². The van der Waals surface area contributed by atoms with Crippen molar-refractivity contribution >= 4 is 17.6 Å². The molecule has 0 amide bonds. The first-order valence-electron chi connectivity index (χ1n) is 18.3. The quantitative estimate of drug-likeness (QED) is 0.0824. The molecule has 2 heterocycles. The van der Waals surface area contributed by atoms with Gasteiger partial charge in [-0.2, -0.15) is 5.26 Å². The van der Waals surface area contributed by atoms with Gasteiger partial charge in [-0.25, -0.2) is 0 Å². The van der Waals surface area contributed by atoms with Gasteiger partial charge >= 0.3 is 5.97 Å². The van der Waals surface area contributed by atoms with Crippen molar-refractivity contribution < 1.29 is 29.2 Å². The van der Waals surface area contributed by atoms with Crippen molar-refractivity contribution in [2.24, 2.45) is 0 Å². The van der Waals surface area contributed by atoms with Crippen LogP contribution in [0.4, 0.5) is 0 Å². The average molecular weight is 741 g/mol. The predicted octanol–water partition coefficient (Wildman–Crippen LogP) is 7.62. The molecule has 3 aromatic carbocycles. The van der Waals surface area contributed by atoms with E-state index in [9.17, 15) is 20.3 Å². The molecule has 1 saturated heterocycles. The zero-order valence-corrected chi connectivity index (χ0v) is 31.5. The van der Waals surface area contributed by atoms with Crippen LogP contribution in [0.5, 0.6) is 17.2 Å². The number of rotatable bonds is 19. The van der Waals surface area contributed by atoms with E-state index in [2.05, 4.69) is 47.3 Å². The first-order valence-corrected chi connectivity index (χ1v) is 18.6. The van der Waals surface area contributed by atoms with Gasteiger partial charge in [-0.1, -0.05) is 61.7 Å². The van der Waals surface area contributed by atoms with E-state index in [0.717, 1.165) is 78.9 Å². The van der Waals surface area contributed by atoms with E-state index in [4.69, 9.17) is 25.8 Å². The molecule has 1 fully saturated rings. The number of β-amino-alcohol motifs (C(OH)–C–C–N with tert-alkyl or cyclic N) is 1. The summed E-state index contributed by atoms with van der Waals surface area (Å²) in [5.74, 6) is 0.854. The molecule has 5 rings (SSSR count). The van der Waals surface area contributed by atoms with Crippen molar-refractivity contribution in [2.45, 2.75) is 84.8 Å². The Morgan fingerprint density at radius 2 is 1.77 bits per heavy atom. The highest BCUT2D eigenvalue weighted by molar-refractivity contribution is 6.32. The molecule has 3 N–H and O–H groups in total. The molecule has 2 atom stereocenters. The summed E-state index contributed by atoms with van der Waals surface area (Å²) in [7, 11) is 0. The Bertz CT molecular complexity index is 1900. The number of benzene rings is 3. The third-order valence-corrected chi connectivity index (χ3v) is 9.94. The monoisotopic (exact) mass is 740 g/mol. The van der Waals surface area contributed by atoms with Gasteiger partial charge in [-0.15, -0.1) is 0 Å². The smallest absolute Gasteiger partial charge is 0.320 e. The summed E-state index contributed by atoms with van der Waals surface area (Å²) in [6, 6.07) is 18.9. The lowest BCUT2D eigenvalue weighted by Crippen LogP contribution is -2.36. The molecule has 0 radical (unpaired) electrons. The molecule has 11 heteroatoms. The number of aromatic nitrogens is 1. The summed E-state index contributed by atoms with van der Waals surface area (Å²) < 4.78 is 18.8. The van der Waals surface area contributed by atoms with E-state index in [1.54, 1.807) is 24.4 Å². The van der Waals surface area contributed by atoms with Crippen LogP contribution in [0.25, 0.3) is 11.1 Å². The summed E-state index contributed by atoms with van der Waals surface area (Å²) in [6.07, 6.45) is 6.83. The number of likely N-dealkylation sites (tertiary alicyclic amines) is 1. The average Bonchev–Trinajstić information content (AvgIpc) is 3.58. The number of aliphatic hydroxyl groups is 1. The molecule has 1 aromatic heterocycles. The second-order valence-electron chi connectivity index (χ2n) is 13.5. The van der Waals surface area contributed by atoms with Crippen molar-refractivity contribution in [3.63, 3.8) is 0 Å². The fourth-order valence-electron chi connectivity index (χ4n) is 6.54. The number of aliphatic carboxylic acids is 1. The van der Waals surface area contributed by atoms with Crippen LogP contribution in [-0.2, 0) is 24.6 Å². The highest BCUT2D eigenvalue weighted by Gasteiger charge is 2.21. The van der Waals surface area contributed by atoms with E-state index in [-0.39, 0.29) is 25.9 Å². The van der Waals surface area contributed by atoms with Crippen LogP contribution in [0.2, 0.25) is 5.02 Å². The number of nitriles is 1. The van der Waals surface area contributed by atoms with Crippen molar-refractivity contribution in [3.8, 4) is 34.4 Å². The minimum atomic E-state index is -0.909. The van der Waals surface area contributed by atoms with E-state index >= 15 is 0 Å². The fourth-order valence-corrected chi connectivity index (χ4v) is 6.78. The van der Waals surface area contributed by atoms with Gasteiger partial charge in [0, 0.05) is 55.8 Å². The zero-order chi connectivity index (χ0) is 37.7. The van der Waals surface area contributed by atoms with E-state index in [1.807, 2.05) is 31.2 Å². The third kappa shape index (κ3) is 10.9.